The topological polar surface area (TPSA) is 46.6 Å². The minimum Gasteiger partial charge on any atom is -0.435 e. The zero-order chi connectivity index (χ0) is 17.0. The van der Waals surface area contributed by atoms with Crippen LogP contribution in [0, 0.1) is 0 Å². The molecule has 23 heavy (non-hydrogen) atoms. The predicted molar refractivity (Wildman–Crippen MR) is 85.3 cm³/mol. The fourth-order valence-corrected chi connectivity index (χ4v) is 4.60. The van der Waals surface area contributed by atoms with Gasteiger partial charge in [0.1, 0.15) is 5.75 Å². The summed E-state index contributed by atoms with van der Waals surface area (Å²) in [6, 6.07) is 5.67. The van der Waals surface area contributed by atoms with E-state index in [-0.39, 0.29) is 16.4 Å². The van der Waals surface area contributed by atoms with Gasteiger partial charge in [0.2, 0.25) is 0 Å². The molecule has 4 nitrogen and oxygen atoms in total. The quantitative estimate of drug-likeness (QED) is 0.824. The second kappa shape index (κ2) is 7.38. The van der Waals surface area contributed by atoms with Crippen LogP contribution >= 0.6 is 0 Å². The number of carbonyl (C=O) groups is 1. The Balaban J connectivity index is 2.12. The molecule has 0 radical (unpaired) electrons. The Morgan fingerprint density at radius 2 is 1.91 bits per heavy atom. The van der Waals surface area contributed by atoms with E-state index in [1.165, 1.54) is 24.3 Å². The molecule has 0 saturated carbocycles. The monoisotopic (exact) mass is 345 g/mol. The van der Waals surface area contributed by atoms with Crippen LogP contribution in [0.4, 0.5) is 8.78 Å². The molecular formula is C16H21F2NO3S. The molecule has 1 atom stereocenters. The Labute approximate surface area is 137 Å². The molecule has 0 unspecified atom stereocenters. The van der Waals surface area contributed by atoms with Crippen molar-refractivity contribution in [2.24, 2.45) is 0 Å². The second-order valence-corrected chi connectivity index (χ2v) is 7.53. The van der Waals surface area contributed by atoms with E-state index in [0.717, 1.165) is 12.8 Å². The van der Waals surface area contributed by atoms with Crippen LogP contribution in [-0.4, -0.2) is 45.2 Å². The molecule has 1 fully saturated rings. The van der Waals surface area contributed by atoms with Gasteiger partial charge in [-0.15, -0.1) is 0 Å². The first-order valence-electron chi connectivity index (χ1n) is 7.64. The summed E-state index contributed by atoms with van der Waals surface area (Å²) in [5, 5.41) is 0. The Hall–Kier alpha value is -1.50. The van der Waals surface area contributed by atoms with Crippen LogP contribution < -0.4 is 4.74 Å². The summed E-state index contributed by atoms with van der Waals surface area (Å²) >= 11 is 0. The minimum atomic E-state index is -2.89. The summed E-state index contributed by atoms with van der Waals surface area (Å²) in [5.41, 5.74) is 0.417. The number of hydrogen-bond donors (Lipinski definition) is 0. The number of alkyl halides is 2. The maximum absolute atomic E-state index is 12.6. The zero-order valence-corrected chi connectivity index (χ0v) is 14.1. The van der Waals surface area contributed by atoms with E-state index >= 15 is 0 Å². The van der Waals surface area contributed by atoms with Crippen molar-refractivity contribution in [2.45, 2.75) is 38.0 Å². The molecule has 0 spiro atoms. The van der Waals surface area contributed by atoms with Crippen molar-refractivity contribution in [1.29, 1.82) is 0 Å². The Morgan fingerprint density at radius 1 is 1.30 bits per heavy atom. The van der Waals surface area contributed by atoms with E-state index in [9.17, 15) is 17.8 Å². The first-order chi connectivity index (χ1) is 10.9. The van der Waals surface area contributed by atoms with Crippen molar-refractivity contribution in [3.8, 4) is 5.75 Å². The van der Waals surface area contributed by atoms with E-state index in [1.54, 1.807) is 4.90 Å². The van der Waals surface area contributed by atoms with E-state index in [2.05, 4.69) is 4.74 Å². The van der Waals surface area contributed by atoms with Gasteiger partial charge >= 0.3 is 6.61 Å². The number of hydrogen-bond acceptors (Lipinski definition) is 3. The number of rotatable bonds is 5. The first kappa shape index (κ1) is 17.8. The number of nitrogens with zero attached hydrogens (tertiary/aromatic N) is 1. The molecular weight excluding hydrogens is 324 g/mol. The van der Waals surface area contributed by atoms with Crippen molar-refractivity contribution in [2.75, 3.05) is 18.8 Å². The highest BCUT2D eigenvalue weighted by atomic mass is 32.2. The lowest BCUT2D eigenvalue weighted by atomic mass is 10.0. The largest absolute Gasteiger partial charge is 0.435 e. The fourth-order valence-electron chi connectivity index (χ4n) is 2.84. The third kappa shape index (κ3) is 3.88. The van der Waals surface area contributed by atoms with Crippen LogP contribution in [0.3, 0.4) is 0 Å². The van der Waals surface area contributed by atoms with Crippen LogP contribution in [0.15, 0.2) is 24.3 Å². The highest BCUT2D eigenvalue weighted by molar-refractivity contribution is 7.86. The minimum absolute atomic E-state index is 0.0211. The Bertz CT molecular complexity index is 573. The summed E-state index contributed by atoms with van der Waals surface area (Å²) in [5.74, 6) is 0.323. The number of amides is 1. The van der Waals surface area contributed by atoms with Crippen LogP contribution in [0.2, 0.25) is 0 Å². The average Bonchev–Trinajstić information content (AvgIpc) is 2.55. The van der Waals surface area contributed by atoms with E-state index in [1.807, 2.05) is 13.8 Å². The second-order valence-electron chi connectivity index (χ2n) is 5.57. The summed E-state index contributed by atoms with van der Waals surface area (Å²) in [6.45, 7) is 2.00. The summed E-state index contributed by atoms with van der Waals surface area (Å²) in [6.07, 6.45) is 1.50. The maximum atomic E-state index is 12.6. The van der Waals surface area contributed by atoms with Crippen molar-refractivity contribution in [3.05, 3.63) is 29.8 Å². The standard InChI is InChI=1S/C16H21F2NO3S/c1-3-16(4-2)11-19(9-10-23(16)21)14(20)12-5-7-13(8-6-12)22-15(17)18/h5-8,15H,3-4,9-11H2,1-2H3/t23-/m1/s1. The number of ether oxygens (including phenoxy) is 1. The van der Waals surface area contributed by atoms with Gasteiger partial charge < -0.3 is 9.64 Å². The molecule has 1 aliphatic heterocycles. The summed E-state index contributed by atoms with van der Waals surface area (Å²) in [7, 11) is -0.938. The Morgan fingerprint density at radius 3 is 2.43 bits per heavy atom. The lowest BCUT2D eigenvalue weighted by Crippen LogP contribution is -2.54. The third-order valence-electron chi connectivity index (χ3n) is 4.41. The van der Waals surface area contributed by atoms with Gasteiger partial charge in [-0.05, 0) is 37.1 Å². The maximum Gasteiger partial charge on any atom is 0.387 e. The summed E-state index contributed by atoms with van der Waals surface area (Å²) < 4.78 is 40.5. The van der Waals surface area contributed by atoms with Crippen molar-refractivity contribution >= 4 is 16.7 Å². The SMILES string of the molecule is CCC1(CC)CN(C(=O)c2ccc(OC(F)F)cc2)CC[S@]1=O. The van der Waals surface area contributed by atoms with Gasteiger partial charge in [0, 0.05) is 35.2 Å². The smallest absolute Gasteiger partial charge is 0.387 e. The highest BCUT2D eigenvalue weighted by Gasteiger charge is 2.40. The van der Waals surface area contributed by atoms with Crippen LogP contribution in [0.25, 0.3) is 0 Å². The first-order valence-corrected chi connectivity index (χ1v) is 8.96. The molecule has 0 aliphatic carbocycles. The molecule has 1 saturated heterocycles. The number of carbonyl (C=O) groups excluding carboxylic acids is 1. The van der Waals surface area contributed by atoms with Crippen molar-refractivity contribution < 1.29 is 22.5 Å². The summed E-state index contributed by atoms with van der Waals surface area (Å²) in [4.78, 5) is 14.3. The molecule has 7 heteroatoms. The molecule has 0 bridgehead atoms. The van der Waals surface area contributed by atoms with Crippen LogP contribution in [0.5, 0.6) is 5.75 Å². The molecule has 2 rings (SSSR count). The lowest BCUT2D eigenvalue weighted by molar-refractivity contribution is -0.0498. The highest BCUT2D eigenvalue weighted by Crippen LogP contribution is 2.29. The van der Waals surface area contributed by atoms with Crippen molar-refractivity contribution in [1.82, 2.24) is 4.90 Å². The average molecular weight is 345 g/mol. The lowest BCUT2D eigenvalue weighted by Gasteiger charge is -2.41. The predicted octanol–water partition coefficient (Wildman–Crippen LogP) is 3.05. The number of halogens is 2. The molecule has 1 aromatic carbocycles. The van der Waals surface area contributed by atoms with E-state index in [0.29, 0.717) is 24.4 Å². The van der Waals surface area contributed by atoms with Gasteiger partial charge in [0.15, 0.2) is 0 Å². The van der Waals surface area contributed by atoms with Gasteiger partial charge in [-0.25, -0.2) is 0 Å². The van der Waals surface area contributed by atoms with Gasteiger partial charge in [0.05, 0.1) is 4.75 Å². The van der Waals surface area contributed by atoms with Gasteiger partial charge in [-0.1, -0.05) is 13.8 Å². The van der Waals surface area contributed by atoms with Gasteiger partial charge in [-0.2, -0.15) is 8.78 Å². The zero-order valence-electron chi connectivity index (χ0n) is 13.3. The van der Waals surface area contributed by atoms with Gasteiger partial charge in [0.25, 0.3) is 5.91 Å². The molecule has 128 valence electrons. The van der Waals surface area contributed by atoms with Gasteiger partial charge in [-0.3, -0.25) is 9.00 Å². The molecule has 0 N–H and O–H groups in total. The Kier molecular flexibility index (Phi) is 5.73. The normalized spacial score (nSPS) is 20.6. The van der Waals surface area contributed by atoms with E-state index in [4.69, 9.17) is 0 Å². The third-order valence-corrected chi connectivity index (χ3v) is 6.64. The van der Waals surface area contributed by atoms with Crippen LogP contribution in [0.1, 0.15) is 37.0 Å². The van der Waals surface area contributed by atoms with Crippen molar-refractivity contribution in [3.63, 3.8) is 0 Å². The molecule has 1 aromatic rings. The van der Waals surface area contributed by atoms with Crippen LogP contribution in [-0.2, 0) is 10.8 Å². The molecule has 1 amide bonds. The molecule has 1 heterocycles. The fraction of sp³-hybridized carbons (Fsp3) is 0.562. The molecule has 1 aliphatic rings. The molecule has 0 aromatic heterocycles. The van der Waals surface area contributed by atoms with E-state index < -0.39 is 17.4 Å². The number of benzene rings is 1.